The Labute approximate surface area is 279 Å². The molecule has 3 aromatic rings. The third-order valence-corrected chi connectivity index (χ3v) is 5.89. The smallest absolute Gasteiger partial charge is 0.421 e. The van der Waals surface area contributed by atoms with Gasteiger partial charge >= 0.3 is 30.1 Å². The first-order valence-electron chi connectivity index (χ1n) is 14.0. The van der Waals surface area contributed by atoms with E-state index in [1.165, 1.54) is 49.4 Å². The lowest BCUT2D eigenvalue weighted by atomic mass is 10.0. The molecule has 0 bridgehead atoms. The monoisotopic (exact) mass is 672 g/mol. The normalized spacial score (nSPS) is 10.5. The Morgan fingerprint density at radius 3 is 1.88 bits per heavy atom. The van der Waals surface area contributed by atoms with Crippen LogP contribution in [0.1, 0.15) is 29.2 Å². The molecular weight excluding hydrogens is 645 g/mol. The zero-order valence-corrected chi connectivity index (χ0v) is 25.9. The molecule has 9 nitrogen and oxygen atoms in total. The van der Waals surface area contributed by atoms with Crippen molar-refractivity contribution in [3.05, 3.63) is 133 Å². The average Bonchev–Trinajstić information content (AvgIpc) is 3.06. The molecule has 0 heterocycles. The van der Waals surface area contributed by atoms with Crippen molar-refractivity contribution in [1.82, 2.24) is 0 Å². The van der Waals surface area contributed by atoms with Crippen LogP contribution in [0.2, 0.25) is 0 Å². The molecule has 3 aromatic carbocycles. The van der Waals surface area contributed by atoms with Gasteiger partial charge in [0.1, 0.15) is 23.7 Å². The van der Waals surface area contributed by atoms with Gasteiger partial charge in [-0.05, 0) is 55.0 Å². The summed E-state index contributed by atoms with van der Waals surface area (Å²) in [5, 5.41) is 0. The second-order valence-electron chi connectivity index (χ2n) is 9.56. The molecule has 12 heteroatoms. The standard InChI is InChI=1S/C37H27F3O9/c1-6-30(41)46-27-17-12-24(13-18-27)10-9-21-45-34-29(48-31(42)7-2)22-26(33(37(38,39)40)35(34)49-32(43)8-3)16-11-25-14-19-28(20-15-25)47-36(44)23(4)5/h6-10,12-15,17-20,22H,1-4,21H2,5H3/b10-9+. The van der Waals surface area contributed by atoms with Crippen LogP contribution < -0.4 is 23.7 Å². The van der Waals surface area contributed by atoms with Gasteiger partial charge < -0.3 is 23.7 Å². The van der Waals surface area contributed by atoms with Gasteiger partial charge in [-0.2, -0.15) is 13.2 Å². The molecular formula is C37H27F3O9. The predicted molar refractivity (Wildman–Crippen MR) is 173 cm³/mol. The van der Waals surface area contributed by atoms with Crippen molar-refractivity contribution in [3.8, 4) is 40.6 Å². The molecule has 0 spiro atoms. The second-order valence-corrected chi connectivity index (χ2v) is 9.56. The highest BCUT2D eigenvalue weighted by Crippen LogP contribution is 2.49. The summed E-state index contributed by atoms with van der Waals surface area (Å²) < 4.78 is 69.8. The van der Waals surface area contributed by atoms with E-state index in [9.17, 15) is 32.3 Å². The quantitative estimate of drug-likeness (QED) is 0.0873. The molecule has 3 rings (SSSR count). The van der Waals surface area contributed by atoms with Crippen LogP contribution in [0.5, 0.6) is 28.7 Å². The molecule has 0 atom stereocenters. The molecule has 0 aliphatic carbocycles. The van der Waals surface area contributed by atoms with Gasteiger partial charge in [-0.3, -0.25) is 0 Å². The predicted octanol–water partition coefficient (Wildman–Crippen LogP) is 6.95. The largest absolute Gasteiger partial charge is 0.482 e. The molecule has 250 valence electrons. The molecule has 0 fully saturated rings. The molecule has 0 saturated carbocycles. The van der Waals surface area contributed by atoms with Crippen molar-refractivity contribution in [1.29, 1.82) is 0 Å². The van der Waals surface area contributed by atoms with Crippen molar-refractivity contribution in [2.45, 2.75) is 13.1 Å². The Kier molecular flexibility index (Phi) is 12.6. The number of carbonyl (C=O) groups is 4. The Morgan fingerprint density at radius 2 is 1.31 bits per heavy atom. The van der Waals surface area contributed by atoms with Gasteiger partial charge in [0.15, 0.2) is 11.5 Å². The number of esters is 4. The van der Waals surface area contributed by atoms with Gasteiger partial charge in [0, 0.05) is 41.0 Å². The SMILES string of the molecule is C=CC(=O)Oc1ccc(/C=C/COc2c(OC(=O)C=C)cc(C#Cc3ccc(OC(=O)C(=C)C)cc3)c(C(F)(F)F)c2OC(=O)C=C)cc1. The molecule has 0 aliphatic heterocycles. The van der Waals surface area contributed by atoms with Crippen LogP contribution in [0.25, 0.3) is 6.08 Å². The number of carbonyl (C=O) groups excluding carboxylic acids is 4. The molecule has 49 heavy (non-hydrogen) atoms. The maximum absolute atomic E-state index is 14.6. The minimum absolute atomic E-state index is 0.147. The fourth-order valence-corrected chi connectivity index (χ4v) is 3.66. The summed E-state index contributed by atoms with van der Waals surface area (Å²) in [5.41, 5.74) is -1.25. The lowest BCUT2D eigenvalue weighted by Crippen LogP contribution is -2.17. The van der Waals surface area contributed by atoms with Crippen LogP contribution in [0.4, 0.5) is 13.2 Å². The van der Waals surface area contributed by atoms with E-state index in [2.05, 4.69) is 38.2 Å². The highest BCUT2D eigenvalue weighted by molar-refractivity contribution is 5.89. The Morgan fingerprint density at radius 1 is 0.755 bits per heavy atom. The number of ether oxygens (including phenoxy) is 5. The van der Waals surface area contributed by atoms with E-state index in [4.69, 9.17) is 23.7 Å². The molecule has 0 saturated heterocycles. The number of hydrogen-bond acceptors (Lipinski definition) is 9. The lowest BCUT2D eigenvalue weighted by Gasteiger charge is -2.20. The third-order valence-electron chi connectivity index (χ3n) is 5.89. The minimum atomic E-state index is -5.16. The first-order valence-corrected chi connectivity index (χ1v) is 14.0. The fourth-order valence-electron chi connectivity index (χ4n) is 3.66. The summed E-state index contributed by atoms with van der Waals surface area (Å²) in [6, 6.07) is 12.5. The van der Waals surface area contributed by atoms with Crippen molar-refractivity contribution in [2.75, 3.05) is 6.61 Å². The lowest BCUT2D eigenvalue weighted by molar-refractivity contribution is -0.141. The number of benzene rings is 3. The molecule has 0 radical (unpaired) electrons. The number of hydrogen-bond donors (Lipinski definition) is 0. The Hall–Kier alpha value is -6.61. The first kappa shape index (κ1) is 36.9. The maximum atomic E-state index is 14.6. The fraction of sp³-hybridized carbons (Fsp3) is 0.0811. The van der Waals surface area contributed by atoms with E-state index < -0.39 is 65.0 Å². The first-order chi connectivity index (χ1) is 23.2. The molecule has 0 aliphatic rings. The summed E-state index contributed by atoms with van der Waals surface area (Å²) >= 11 is 0. The summed E-state index contributed by atoms with van der Waals surface area (Å²) in [6.45, 7) is 14.4. The van der Waals surface area contributed by atoms with Gasteiger partial charge in [-0.1, -0.05) is 56.4 Å². The number of alkyl halides is 3. The summed E-state index contributed by atoms with van der Waals surface area (Å²) in [4.78, 5) is 47.6. The van der Waals surface area contributed by atoms with Crippen molar-refractivity contribution < 1.29 is 56.0 Å². The van der Waals surface area contributed by atoms with E-state index >= 15 is 0 Å². The van der Waals surface area contributed by atoms with E-state index in [1.807, 2.05) is 0 Å². The summed E-state index contributed by atoms with van der Waals surface area (Å²) in [5.74, 6) is -0.718. The maximum Gasteiger partial charge on any atom is 0.421 e. The van der Waals surface area contributed by atoms with Gasteiger partial charge in [0.05, 0.1) is 0 Å². The van der Waals surface area contributed by atoms with Crippen LogP contribution in [0.3, 0.4) is 0 Å². The average molecular weight is 673 g/mol. The van der Waals surface area contributed by atoms with Crippen LogP contribution in [-0.2, 0) is 25.4 Å². The van der Waals surface area contributed by atoms with Crippen molar-refractivity contribution in [2.24, 2.45) is 0 Å². The van der Waals surface area contributed by atoms with Crippen LogP contribution >= 0.6 is 0 Å². The summed E-state index contributed by atoms with van der Waals surface area (Å²) in [6.07, 6.45) is 0.200. The van der Waals surface area contributed by atoms with Crippen LogP contribution in [0, 0.1) is 11.8 Å². The van der Waals surface area contributed by atoms with Crippen molar-refractivity contribution >= 4 is 30.0 Å². The van der Waals surface area contributed by atoms with E-state index in [1.54, 1.807) is 18.2 Å². The van der Waals surface area contributed by atoms with E-state index in [-0.39, 0.29) is 22.6 Å². The minimum Gasteiger partial charge on any atom is -0.482 e. The van der Waals surface area contributed by atoms with Crippen LogP contribution in [-0.4, -0.2) is 30.5 Å². The molecule has 0 unspecified atom stereocenters. The van der Waals surface area contributed by atoms with Gasteiger partial charge in [-0.25, -0.2) is 19.2 Å². The topological polar surface area (TPSA) is 114 Å². The van der Waals surface area contributed by atoms with Gasteiger partial charge in [-0.15, -0.1) is 0 Å². The molecule has 0 aromatic heterocycles. The molecule has 0 amide bonds. The van der Waals surface area contributed by atoms with Crippen LogP contribution in [0.15, 0.2) is 111 Å². The second kappa shape index (κ2) is 16.8. The molecule has 0 N–H and O–H groups in total. The highest BCUT2D eigenvalue weighted by atomic mass is 19.4. The highest BCUT2D eigenvalue weighted by Gasteiger charge is 2.41. The van der Waals surface area contributed by atoms with Gasteiger partial charge in [0.2, 0.25) is 5.75 Å². The number of halogens is 3. The van der Waals surface area contributed by atoms with E-state index in [0.29, 0.717) is 11.6 Å². The van der Waals surface area contributed by atoms with Gasteiger partial charge in [0.25, 0.3) is 0 Å². The summed E-state index contributed by atoms with van der Waals surface area (Å²) in [7, 11) is 0. The van der Waals surface area contributed by atoms with Crippen molar-refractivity contribution in [3.63, 3.8) is 0 Å². The number of rotatable bonds is 12. The zero-order chi connectivity index (χ0) is 36.1. The third kappa shape index (κ3) is 10.7. The zero-order valence-electron chi connectivity index (χ0n) is 25.9. The Balaban J connectivity index is 2.07. The van der Waals surface area contributed by atoms with E-state index in [0.717, 1.165) is 18.2 Å². The Bertz CT molecular complexity index is 1890.